The van der Waals surface area contributed by atoms with Crippen LogP contribution in [0.5, 0.6) is 11.5 Å². The first-order chi connectivity index (χ1) is 10.2. The average molecular weight is 286 g/mol. The number of esters is 1. The van der Waals surface area contributed by atoms with Crippen LogP contribution in [0.3, 0.4) is 0 Å². The van der Waals surface area contributed by atoms with Gasteiger partial charge in [0, 0.05) is 12.3 Å². The lowest BCUT2D eigenvalue weighted by molar-refractivity contribution is -0.131. The van der Waals surface area contributed by atoms with Gasteiger partial charge in [0.1, 0.15) is 11.5 Å². The lowest BCUT2D eigenvalue weighted by Gasteiger charge is -2.09. The SMILES string of the molecule is CCCCCCOc1ccc2cccc(OC(C)=O)c2c1. The second-order valence-corrected chi connectivity index (χ2v) is 5.14. The lowest BCUT2D eigenvalue weighted by atomic mass is 10.1. The van der Waals surface area contributed by atoms with Gasteiger partial charge in [0.15, 0.2) is 0 Å². The molecule has 0 aliphatic carbocycles. The van der Waals surface area contributed by atoms with Crippen molar-refractivity contribution in [3.8, 4) is 11.5 Å². The molecular weight excluding hydrogens is 264 g/mol. The van der Waals surface area contributed by atoms with Crippen LogP contribution in [0.1, 0.15) is 39.5 Å². The zero-order valence-corrected chi connectivity index (χ0v) is 12.7. The molecule has 0 atom stereocenters. The maximum atomic E-state index is 11.2. The van der Waals surface area contributed by atoms with Gasteiger partial charge in [0.05, 0.1) is 6.61 Å². The highest BCUT2D eigenvalue weighted by atomic mass is 16.5. The largest absolute Gasteiger partial charge is 0.494 e. The van der Waals surface area contributed by atoms with Gasteiger partial charge in [-0.3, -0.25) is 4.79 Å². The molecule has 2 aromatic rings. The number of fused-ring (bicyclic) bond motifs is 1. The van der Waals surface area contributed by atoms with E-state index in [1.54, 1.807) is 6.07 Å². The Balaban J connectivity index is 2.10. The minimum absolute atomic E-state index is 0.312. The van der Waals surface area contributed by atoms with Crippen molar-refractivity contribution in [1.82, 2.24) is 0 Å². The molecule has 3 nitrogen and oxygen atoms in total. The van der Waals surface area contributed by atoms with Crippen LogP contribution in [-0.2, 0) is 4.79 Å². The second-order valence-electron chi connectivity index (χ2n) is 5.14. The van der Waals surface area contributed by atoms with Crippen molar-refractivity contribution in [1.29, 1.82) is 0 Å². The summed E-state index contributed by atoms with van der Waals surface area (Å²) in [7, 11) is 0. The van der Waals surface area contributed by atoms with E-state index in [9.17, 15) is 4.79 Å². The molecule has 0 spiro atoms. The van der Waals surface area contributed by atoms with Crippen molar-refractivity contribution in [2.75, 3.05) is 6.61 Å². The Morgan fingerprint density at radius 2 is 1.95 bits per heavy atom. The maximum Gasteiger partial charge on any atom is 0.308 e. The third-order valence-electron chi connectivity index (χ3n) is 3.33. The van der Waals surface area contributed by atoms with Gasteiger partial charge in [0.25, 0.3) is 0 Å². The fourth-order valence-corrected chi connectivity index (χ4v) is 2.28. The molecule has 2 rings (SSSR count). The monoisotopic (exact) mass is 286 g/mol. The molecule has 0 amide bonds. The van der Waals surface area contributed by atoms with Crippen LogP contribution >= 0.6 is 0 Å². The summed E-state index contributed by atoms with van der Waals surface area (Å²) in [6, 6.07) is 11.6. The number of carbonyl (C=O) groups is 1. The van der Waals surface area contributed by atoms with Crippen molar-refractivity contribution in [3.05, 3.63) is 36.4 Å². The van der Waals surface area contributed by atoms with Crippen molar-refractivity contribution in [3.63, 3.8) is 0 Å². The van der Waals surface area contributed by atoms with Crippen molar-refractivity contribution in [2.24, 2.45) is 0 Å². The van der Waals surface area contributed by atoms with Crippen LogP contribution in [-0.4, -0.2) is 12.6 Å². The number of hydrogen-bond donors (Lipinski definition) is 0. The van der Waals surface area contributed by atoms with Crippen molar-refractivity contribution in [2.45, 2.75) is 39.5 Å². The molecule has 3 heteroatoms. The Kier molecular flexibility index (Phi) is 5.61. The predicted octanol–water partition coefficient (Wildman–Crippen LogP) is 4.72. The molecule has 0 aliphatic heterocycles. The number of unbranched alkanes of at least 4 members (excludes halogenated alkanes) is 3. The molecule has 0 aromatic heterocycles. The highest BCUT2D eigenvalue weighted by molar-refractivity contribution is 5.91. The summed E-state index contributed by atoms with van der Waals surface area (Å²) < 4.78 is 11.0. The predicted molar refractivity (Wildman–Crippen MR) is 84.9 cm³/mol. The third kappa shape index (κ3) is 4.48. The number of hydrogen-bond acceptors (Lipinski definition) is 3. The smallest absolute Gasteiger partial charge is 0.308 e. The normalized spacial score (nSPS) is 10.6. The second kappa shape index (κ2) is 7.67. The molecule has 112 valence electrons. The number of benzene rings is 2. The van der Waals surface area contributed by atoms with Crippen LogP contribution in [0.15, 0.2) is 36.4 Å². The molecule has 0 N–H and O–H groups in total. The van der Waals surface area contributed by atoms with Gasteiger partial charge < -0.3 is 9.47 Å². The van der Waals surface area contributed by atoms with Crippen LogP contribution in [0.4, 0.5) is 0 Å². The quantitative estimate of drug-likeness (QED) is 0.419. The molecule has 0 unspecified atom stereocenters. The maximum absolute atomic E-state index is 11.2. The van der Waals surface area contributed by atoms with E-state index in [4.69, 9.17) is 9.47 Å². The van der Waals surface area contributed by atoms with E-state index in [1.807, 2.05) is 30.3 Å². The zero-order valence-electron chi connectivity index (χ0n) is 12.7. The Labute approximate surface area is 125 Å². The van der Waals surface area contributed by atoms with Gasteiger partial charge >= 0.3 is 5.97 Å². The number of ether oxygens (including phenoxy) is 2. The van der Waals surface area contributed by atoms with Gasteiger partial charge in [-0.2, -0.15) is 0 Å². The van der Waals surface area contributed by atoms with E-state index < -0.39 is 0 Å². The summed E-state index contributed by atoms with van der Waals surface area (Å²) in [5, 5.41) is 1.94. The van der Waals surface area contributed by atoms with Gasteiger partial charge in [-0.15, -0.1) is 0 Å². The zero-order chi connectivity index (χ0) is 15.1. The fraction of sp³-hybridized carbons (Fsp3) is 0.389. The first-order valence-corrected chi connectivity index (χ1v) is 7.54. The van der Waals surface area contributed by atoms with Crippen LogP contribution in [0.25, 0.3) is 10.8 Å². The molecule has 0 saturated heterocycles. The molecular formula is C18H22O3. The van der Waals surface area contributed by atoms with E-state index in [0.717, 1.165) is 29.5 Å². The summed E-state index contributed by atoms with van der Waals surface area (Å²) in [6.07, 6.45) is 4.74. The minimum Gasteiger partial charge on any atom is -0.494 e. The molecule has 21 heavy (non-hydrogen) atoms. The van der Waals surface area contributed by atoms with Crippen LogP contribution in [0, 0.1) is 0 Å². The summed E-state index contributed by atoms with van der Waals surface area (Å²) in [5.41, 5.74) is 0. The van der Waals surface area contributed by atoms with Gasteiger partial charge in [-0.1, -0.05) is 44.4 Å². The van der Waals surface area contributed by atoms with E-state index in [2.05, 4.69) is 6.92 Å². The Hall–Kier alpha value is -2.03. The summed E-state index contributed by atoms with van der Waals surface area (Å²) in [4.78, 5) is 11.2. The molecule has 2 aromatic carbocycles. The Morgan fingerprint density at radius 3 is 2.71 bits per heavy atom. The van der Waals surface area contributed by atoms with Crippen molar-refractivity contribution < 1.29 is 14.3 Å². The first-order valence-electron chi connectivity index (χ1n) is 7.54. The summed E-state index contributed by atoms with van der Waals surface area (Å²) in [5.74, 6) is 1.09. The van der Waals surface area contributed by atoms with Crippen LogP contribution in [0.2, 0.25) is 0 Å². The average Bonchev–Trinajstić information content (AvgIpc) is 2.47. The van der Waals surface area contributed by atoms with Gasteiger partial charge in [0.2, 0.25) is 0 Å². The van der Waals surface area contributed by atoms with Crippen molar-refractivity contribution >= 4 is 16.7 Å². The van der Waals surface area contributed by atoms with E-state index >= 15 is 0 Å². The summed E-state index contributed by atoms with van der Waals surface area (Å²) in [6.45, 7) is 4.33. The highest BCUT2D eigenvalue weighted by Gasteiger charge is 2.06. The van der Waals surface area contributed by atoms with Crippen LogP contribution < -0.4 is 9.47 Å². The topological polar surface area (TPSA) is 35.5 Å². The standard InChI is InChI=1S/C18H22O3/c1-3-4-5-6-12-20-16-11-10-15-8-7-9-18(17(15)13-16)21-14(2)19/h7-11,13H,3-6,12H2,1-2H3. The van der Waals surface area contributed by atoms with Gasteiger partial charge in [-0.05, 0) is 30.0 Å². The minimum atomic E-state index is -0.312. The van der Waals surface area contributed by atoms with Gasteiger partial charge in [-0.25, -0.2) is 0 Å². The lowest BCUT2D eigenvalue weighted by Crippen LogP contribution is -2.02. The third-order valence-corrected chi connectivity index (χ3v) is 3.33. The van der Waals surface area contributed by atoms with E-state index in [0.29, 0.717) is 5.75 Å². The van der Waals surface area contributed by atoms with E-state index in [-0.39, 0.29) is 5.97 Å². The molecule has 0 bridgehead atoms. The summed E-state index contributed by atoms with van der Waals surface area (Å²) >= 11 is 0. The Bertz CT molecular complexity index is 604. The first kappa shape index (κ1) is 15.4. The van der Waals surface area contributed by atoms with E-state index in [1.165, 1.54) is 26.2 Å². The molecule has 0 radical (unpaired) electrons. The molecule has 0 aliphatic rings. The molecule has 0 heterocycles. The highest BCUT2D eigenvalue weighted by Crippen LogP contribution is 2.29. The molecule has 0 saturated carbocycles. The fourth-order valence-electron chi connectivity index (χ4n) is 2.28. The number of rotatable bonds is 7. The molecule has 0 fully saturated rings. The number of carbonyl (C=O) groups excluding carboxylic acids is 1. The Morgan fingerprint density at radius 1 is 1.10 bits per heavy atom.